The Labute approximate surface area is 91.7 Å². The van der Waals surface area contributed by atoms with Crippen LogP contribution in [-0.4, -0.2) is 0 Å². The zero-order valence-corrected chi connectivity index (χ0v) is 9.13. The third-order valence-corrected chi connectivity index (χ3v) is 0. The Kier molecular flexibility index (Phi) is 751. The molecule has 0 aromatic rings. The fraction of sp³-hybridized carbons (Fsp3) is 0. The van der Waals surface area contributed by atoms with Gasteiger partial charge in [0.15, 0.2) is 0 Å². The van der Waals surface area contributed by atoms with Gasteiger partial charge in [0.1, 0.15) is 0 Å². The van der Waals surface area contributed by atoms with Gasteiger partial charge in [-0.25, -0.2) is 47.5 Å². The molecule has 0 unspecified atom stereocenters. The number of halogens is 4. The summed E-state index contributed by atoms with van der Waals surface area (Å²) in [5.74, 6) is 0. The van der Waals surface area contributed by atoms with Gasteiger partial charge in [0.2, 0.25) is 0 Å². The van der Waals surface area contributed by atoms with Crippen LogP contribution in [0.3, 0.4) is 0 Å². The van der Waals surface area contributed by atoms with Gasteiger partial charge in [-0.2, -0.15) is 0 Å². The average molecular weight is 297 g/mol. The van der Waals surface area contributed by atoms with Crippen molar-refractivity contribution in [2.45, 2.75) is 0 Å². The summed E-state index contributed by atoms with van der Waals surface area (Å²) in [6, 6.07) is 0. The first-order valence-corrected chi connectivity index (χ1v) is 1.85. The molecular formula is Cl4O4Zr. The second-order valence-corrected chi connectivity index (χ2v) is 0. The van der Waals surface area contributed by atoms with Gasteiger partial charge in [0, 0.05) is 0 Å². The Morgan fingerprint density at radius 1 is 0.444 bits per heavy atom. The summed E-state index contributed by atoms with van der Waals surface area (Å²) in [4.78, 5) is 0. The first kappa shape index (κ1) is 30.7. The molecule has 56 valence electrons. The van der Waals surface area contributed by atoms with Gasteiger partial charge in [-0.3, -0.25) is 0 Å². The molecule has 9 heavy (non-hydrogen) atoms. The van der Waals surface area contributed by atoms with Crippen molar-refractivity contribution in [2.24, 2.45) is 0 Å². The van der Waals surface area contributed by atoms with E-state index in [4.69, 9.17) is 18.6 Å². The summed E-state index contributed by atoms with van der Waals surface area (Å²) in [6.45, 7) is 0. The van der Waals surface area contributed by atoms with Crippen molar-refractivity contribution in [2.75, 3.05) is 0 Å². The molecule has 0 aromatic carbocycles. The van der Waals surface area contributed by atoms with Crippen molar-refractivity contribution >= 4 is 47.5 Å². The maximum Gasteiger partial charge on any atom is 4.00 e. The van der Waals surface area contributed by atoms with Crippen molar-refractivity contribution in [1.82, 2.24) is 0 Å². The van der Waals surface area contributed by atoms with Crippen molar-refractivity contribution < 1.29 is 44.8 Å². The summed E-state index contributed by atoms with van der Waals surface area (Å²) in [7, 11) is 0. The molecule has 0 bridgehead atoms. The standard InChI is InChI=1S/4ClO.Zr/c4*1-2;/q4*-1;+4. The zero-order chi connectivity index (χ0) is 8.00. The van der Waals surface area contributed by atoms with E-state index in [-0.39, 0.29) is 26.2 Å². The van der Waals surface area contributed by atoms with Crippen LogP contribution < -0.4 is 18.6 Å². The predicted octanol–water partition coefficient (Wildman–Crippen LogP) is -2.00. The van der Waals surface area contributed by atoms with Crippen LogP contribution in [0.4, 0.5) is 0 Å². The Balaban J connectivity index is -0.00000000762. The van der Waals surface area contributed by atoms with E-state index in [0.717, 1.165) is 0 Å². The molecule has 0 heterocycles. The van der Waals surface area contributed by atoms with Crippen LogP contribution in [0.25, 0.3) is 0 Å². The van der Waals surface area contributed by atoms with E-state index in [2.05, 4.69) is 47.5 Å². The number of hydrogen-bond donors (Lipinski definition) is 0. The van der Waals surface area contributed by atoms with E-state index in [1.807, 2.05) is 0 Å². The van der Waals surface area contributed by atoms with Crippen molar-refractivity contribution in [3.63, 3.8) is 0 Å². The van der Waals surface area contributed by atoms with Gasteiger partial charge < -0.3 is 18.6 Å². The average Bonchev–Trinajstić information content (AvgIpc) is 2.03. The van der Waals surface area contributed by atoms with Crippen LogP contribution in [-0.2, 0) is 26.2 Å². The minimum absolute atomic E-state index is 0. The van der Waals surface area contributed by atoms with Crippen LogP contribution in [0.1, 0.15) is 0 Å². The van der Waals surface area contributed by atoms with Gasteiger partial charge in [-0.15, -0.1) is 0 Å². The predicted molar refractivity (Wildman–Crippen MR) is 23.4 cm³/mol. The second kappa shape index (κ2) is 220. The minimum atomic E-state index is 0. The smallest absolute Gasteiger partial charge is 0.769 e. The van der Waals surface area contributed by atoms with Crippen LogP contribution in [0.2, 0.25) is 0 Å². The van der Waals surface area contributed by atoms with E-state index in [0.29, 0.717) is 0 Å². The van der Waals surface area contributed by atoms with Crippen LogP contribution in [0, 0.1) is 0 Å². The summed E-state index contributed by atoms with van der Waals surface area (Å²) < 4.78 is 30.9. The molecule has 0 rings (SSSR count). The fourth-order valence-electron chi connectivity index (χ4n) is 0. The molecule has 0 amide bonds. The fourth-order valence-corrected chi connectivity index (χ4v) is 0. The van der Waals surface area contributed by atoms with Crippen LogP contribution in [0.15, 0.2) is 0 Å². The molecule has 0 spiro atoms. The second-order valence-electron chi connectivity index (χ2n) is 0. The molecule has 0 saturated carbocycles. The Morgan fingerprint density at radius 3 is 0.444 bits per heavy atom. The minimum Gasteiger partial charge on any atom is -0.769 e. The van der Waals surface area contributed by atoms with Gasteiger partial charge in [0.25, 0.3) is 0 Å². The molecule has 0 aromatic heterocycles. The van der Waals surface area contributed by atoms with E-state index < -0.39 is 0 Å². The summed E-state index contributed by atoms with van der Waals surface area (Å²) >= 11 is 13.6. The molecule has 0 radical (unpaired) electrons. The van der Waals surface area contributed by atoms with E-state index in [9.17, 15) is 0 Å². The molecular weight excluding hydrogens is 297 g/mol. The normalized spacial score (nSPS) is 2.67. The van der Waals surface area contributed by atoms with Crippen molar-refractivity contribution in [3.05, 3.63) is 0 Å². The maximum atomic E-state index is 7.72. The van der Waals surface area contributed by atoms with Gasteiger partial charge in [-0.1, -0.05) is 0 Å². The molecule has 4 nitrogen and oxygen atoms in total. The van der Waals surface area contributed by atoms with Crippen molar-refractivity contribution in [1.29, 1.82) is 0 Å². The van der Waals surface area contributed by atoms with Crippen LogP contribution in [0.5, 0.6) is 0 Å². The topological polar surface area (TPSA) is 92.2 Å². The molecule has 0 fully saturated rings. The quantitative estimate of drug-likeness (QED) is 0.517. The molecule has 0 aliphatic carbocycles. The molecule has 0 aliphatic rings. The van der Waals surface area contributed by atoms with E-state index in [1.54, 1.807) is 0 Å². The molecule has 9 heteroatoms. The van der Waals surface area contributed by atoms with E-state index in [1.165, 1.54) is 0 Å². The number of hydrogen-bond acceptors (Lipinski definition) is 4. The van der Waals surface area contributed by atoms with E-state index >= 15 is 0 Å². The first-order valence-electron chi connectivity index (χ1n) is 0.617. The Morgan fingerprint density at radius 2 is 0.444 bits per heavy atom. The molecule has 0 atom stereocenters. The van der Waals surface area contributed by atoms with Gasteiger partial charge >= 0.3 is 26.2 Å². The summed E-state index contributed by atoms with van der Waals surface area (Å²) in [5.41, 5.74) is 0. The van der Waals surface area contributed by atoms with Crippen molar-refractivity contribution in [3.8, 4) is 0 Å². The zero-order valence-electron chi connectivity index (χ0n) is 3.64. The summed E-state index contributed by atoms with van der Waals surface area (Å²) in [5, 5.41) is 0. The number of rotatable bonds is 0. The third kappa shape index (κ3) is 173. The Bertz CT molecular complexity index is 12.5. The molecule has 0 saturated heterocycles. The SMILES string of the molecule is [O-]Cl.[O-]Cl.[O-]Cl.[O-]Cl.[Zr+4]. The monoisotopic (exact) mass is 294 g/mol. The largest absolute Gasteiger partial charge is 4.00 e. The maximum absolute atomic E-state index is 7.72. The summed E-state index contributed by atoms with van der Waals surface area (Å²) in [6.07, 6.45) is 0. The first-order chi connectivity index (χ1) is 4.00. The van der Waals surface area contributed by atoms with Gasteiger partial charge in [-0.05, 0) is 0 Å². The molecule has 0 N–H and O–H groups in total. The third-order valence-electron chi connectivity index (χ3n) is 0. The molecule has 0 aliphatic heterocycles. The Hall–Kier alpha value is 1.88. The van der Waals surface area contributed by atoms with Gasteiger partial charge in [0.05, 0.1) is 0 Å². The van der Waals surface area contributed by atoms with Crippen LogP contribution >= 0.6 is 47.5 Å².